The number of nitriles is 1. The first kappa shape index (κ1) is 9.88. The van der Waals surface area contributed by atoms with Crippen LogP contribution in [0.15, 0.2) is 0 Å². The Morgan fingerprint density at radius 2 is 2.33 bits per heavy atom. The molecule has 0 radical (unpaired) electrons. The summed E-state index contributed by atoms with van der Waals surface area (Å²) >= 11 is 1.86. The lowest BCUT2D eigenvalue weighted by Crippen LogP contribution is -2.08. The third kappa shape index (κ3) is 2.69. The van der Waals surface area contributed by atoms with E-state index < -0.39 is 0 Å². The first-order valence-corrected chi connectivity index (χ1v) is 5.55. The lowest BCUT2D eigenvalue weighted by molar-refractivity contribution is 0.296. The molecule has 1 aliphatic rings. The smallest absolute Gasteiger partial charge is 0.0667 e. The second kappa shape index (κ2) is 5.45. The third-order valence-corrected chi connectivity index (χ3v) is 3.77. The highest BCUT2D eigenvalue weighted by molar-refractivity contribution is 7.99. The molecule has 0 aromatic rings. The molecule has 68 valence electrons. The number of aliphatic hydroxyl groups excluding tert-OH is 1. The molecule has 0 bridgehead atoms. The summed E-state index contributed by atoms with van der Waals surface area (Å²) in [6.07, 6.45) is 4.33. The van der Waals surface area contributed by atoms with Gasteiger partial charge in [-0.15, -0.1) is 0 Å². The van der Waals surface area contributed by atoms with Crippen LogP contribution in [0.5, 0.6) is 0 Å². The molecule has 0 aromatic heterocycles. The van der Waals surface area contributed by atoms with Gasteiger partial charge in [0.15, 0.2) is 0 Å². The molecule has 0 saturated heterocycles. The third-order valence-electron chi connectivity index (χ3n) is 2.25. The van der Waals surface area contributed by atoms with Gasteiger partial charge in [0.05, 0.1) is 12.0 Å². The number of thioether (sulfide) groups is 1. The van der Waals surface area contributed by atoms with E-state index in [1.165, 1.54) is 12.8 Å². The van der Waals surface area contributed by atoms with E-state index in [-0.39, 0.29) is 12.5 Å². The molecule has 1 N–H and O–H groups in total. The van der Waals surface area contributed by atoms with Crippen molar-refractivity contribution in [3.63, 3.8) is 0 Å². The van der Waals surface area contributed by atoms with E-state index in [0.29, 0.717) is 5.25 Å². The van der Waals surface area contributed by atoms with Crippen LogP contribution in [-0.4, -0.2) is 22.7 Å². The van der Waals surface area contributed by atoms with Crippen molar-refractivity contribution in [2.24, 2.45) is 5.92 Å². The predicted molar refractivity (Wildman–Crippen MR) is 50.9 cm³/mol. The number of nitrogens with zero attached hydrogens (tertiary/aromatic N) is 1. The van der Waals surface area contributed by atoms with Crippen LogP contribution >= 0.6 is 11.8 Å². The van der Waals surface area contributed by atoms with Crippen molar-refractivity contribution in [2.75, 3.05) is 12.4 Å². The molecule has 1 rings (SSSR count). The molecule has 0 aromatic carbocycles. The molecule has 2 atom stereocenters. The molecule has 1 saturated carbocycles. The van der Waals surface area contributed by atoms with Crippen LogP contribution < -0.4 is 0 Å². The van der Waals surface area contributed by atoms with Gasteiger partial charge in [0.2, 0.25) is 0 Å². The summed E-state index contributed by atoms with van der Waals surface area (Å²) in [4.78, 5) is 0. The Bertz CT molecular complexity index is 166. The van der Waals surface area contributed by atoms with Crippen molar-refractivity contribution in [3.8, 4) is 6.07 Å². The highest BCUT2D eigenvalue weighted by Crippen LogP contribution is 2.34. The molecule has 2 unspecified atom stereocenters. The lowest BCUT2D eigenvalue weighted by Gasteiger charge is -2.11. The molecular weight excluding hydrogens is 170 g/mol. The van der Waals surface area contributed by atoms with Gasteiger partial charge in [0.1, 0.15) is 0 Å². The Kier molecular flexibility index (Phi) is 4.49. The maximum Gasteiger partial charge on any atom is 0.0667 e. The topological polar surface area (TPSA) is 44.0 Å². The van der Waals surface area contributed by atoms with Gasteiger partial charge >= 0.3 is 0 Å². The zero-order chi connectivity index (χ0) is 8.81. The second-order valence-corrected chi connectivity index (χ2v) is 4.50. The number of hydrogen-bond acceptors (Lipinski definition) is 3. The number of hydrogen-bond donors (Lipinski definition) is 1. The van der Waals surface area contributed by atoms with Crippen molar-refractivity contribution in [1.29, 1.82) is 5.26 Å². The largest absolute Gasteiger partial charge is 0.396 e. The van der Waals surface area contributed by atoms with Gasteiger partial charge in [0, 0.05) is 11.9 Å². The van der Waals surface area contributed by atoms with E-state index in [1.54, 1.807) is 0 Å². The van der Waals surface area contributed by atoms with Gasteiger partial charge in [0.25, 0.3) is 0 Å². The zero-order valence-corrected chi connectivity index (χ0v) is 8.02. The van der Waals surface area contributed by atoms with Crippen LogP contribution in [0.2, 0.25) is 0 Å². The standard InChI is InChI=1S/C9H15NOS/c10-7-8-3-1-4-9(8)12-6-2-5-11/h8-9,11H,1-6H2. The van der Waals surface area contributed by atoms with Crippen LogP contribution in [0.25, 0.3) is 0 Å². The van der Waals surface area contributed by atoms with Crippen LogP contribution in [-0.2, 0) is 0 Å². The summed E-state index contributed by atoms with van der Waals surface area (Å²) in [5.74, 6) is 1.27. The zero-order valence-electron chi connectivity index (χ0n) is 7.20. The normalized spacial score (nSPS) is 28.7. The summed E-state index contributed by atoms with van der Waals surface area (Å²) in [5.41, 5.74) is 0. The molecular formula is C9H15NOS. The summed E-state index contributed by atoms with van der Waals surface area (Å²) in [6.45, 7) is 0.275. The maximum atomic E-state index is 8.78. The fraction of sp³-hybridized carbons (Fsp3) is 0.889. The molecule has 0 aliphatic heterocycles. The van der Waals surface area contributed by atoms with Gasteiger partial charge in [-0.3, -0.25) is 0 Å². The fourth-order valence-electron chi connectivity index (χ4n) is 1.57. The summed E-state index contributed by atoms with van der Waals surface area (Å²) in [7, 11) is 0. The number of aliphatic hydroxyl groups is 1. The highest BCUT2D eigenvalue weighted by atomic mass is 32.2. The molecule has 0 heterocycles. The quantitative estimate of drug-likeness (QED) is 0.679. The van der Waals surface area contributed by atoms with Gasteiger partial charge < -0.3 is 5.11 Å². The van der Waals surface area contributed by atoms with Gasteiger partial charge in [-0.2, -0.15) is 17.0 Å². The van der Waals surface area contributed by atoms with Crippen LogP contribution in [0.1, 0.15) is 25.7 Å². The average molecular weight is 185 g/mol. The summed E-state index contributed by atoms with van der Waals surface area (Å²) in [5, 5.41) is 17.9. The molecule has 1 fully saturated rings. The molecule has 0 spiro atoms. The minimum Gasteiger partial charge on any atom is -0.396 e. The Labute approximate surface area is 78.0 Å². The van der Waals surface area contributed by atoms with Crippen molar-refractivity contribution < 1.29 is 5.11 Å². The SMILES string of the molecule is N#CC1CCCC1SCCCO. The second-order valence-electron chi connectivity index (χ2n) is 3.15. The minimum atomic E-state index is 0.272. The Morgan fingerprint density at radius 1 is 1.50 bits per heavy atom. The predicted octanol–water partition coefficient (Wildman–Crippen LogP) is 1.79. The van der Waals surface area contributed by atoms with E-state index in [0.717, 1.165) is 18.6 Å². The van der Waals surface area contributed by atoms with Crippen molar-refractivity contribution >= 4 is 11.8 Å². The van der Waals surface area contributed by atoms with Gasteiger partial charge in [-0.25, -0.2) is 0 Å². The molecule has 1 aliphatic carbocycles. The monoisotopic (exact) mass is 185 g/mol. The highest BCUT2D eigenvalue weighted by Gasteiger charge is 2.26. The maximum absolute atomic E-state index is 8.78. The van der Waals surface area contributed by atoms with E-state index in [4.69, 9.17) is 10.4 Å². The van der Waals surface area contributed by atoms with E-state index in [2.05, 4.69) is 6.07 Å². The van der Waals surface area contributed by atoms with Crippen LogP contribution in [0.4, 0.5) is 0 Å². The molecule has 12 heavy (non-hydrogen) atoms. The first-order chi connectivity index (χ1) is 5.88. The Hall–Kier alpha value is -0.200. The van der Waals surface area contributed by atoms with E-state index in [1.807, 2.05) is 11.8 Å². The average Bonchev–Trinajstić information content (AvgIpc) is 2.52. The van der Waals surface area contributed by atoms with Crippen molar-refractivity contribution in [3.05, 3.63) is 0 Å². The fourth-order valence-corrected chi connectivity index (χ4v) is 2.93. The van der Waals surface area contributed by atoms with E-state index >= 15 is 0 Å². The summed E-state index contributed by atoms with van der Waals surface area (Å²) < 4.78 is 0. The summed E-state index contributed by atoms with van der Waals surface area (Å²) in [6, 6.07) is 2.36. The van der Waals surface area contributed by atoms with Gasteiger partial charge in [-0.05, 0) is 25.0 Å². The van der Waals surface area contributed by atoms with Crippen LogP contribution in [0.3, 0.4) is 0 Å². The van der Waals surface area contributed by atoms with Crippen molar-refractivity contribution in [2.45, 2.75) is 30.9 Å². The van der Waals surface area contributed by atoms with E-state index in [9.17, 15) is 0 Å². The molecule has 3 heteroatoms. The minimum absolute atomic E-state index is 0.272. The number of rotatable bonds is 4. The first-order valence-electron chi connectivity index (χ1n) is 4.50. The molecule has 2 nitrogen and oxygen atoms in total. The van der Waals surface area contributed by atoms with Gasteiger partial charge in [-0.1, -0.05) is 6.42 Å². The lowest BCUT2D eigenvalue weighted by atomic mass is 10.1. The Balaban J connectivity index is 2.18. The van der Waals surface area contributed by atoms with Crippen molar-refractivity contribution in [1.82, 2.24) is 0 Å². The Morgan fingerprint density at radius 3 is 3.00 bits per heavy atom. The molecule has 0 amide bonds. The van der Waals surface area contributed by atoms with Crippen LogP contribution in [0, 0.1) is 17.2 Å².